The van der Waals surface area contributed by atoms with E-state index in [2.05, 4.69) is 27.7 Å². The molecule has 0 saturated heterocycles. The van der Waals surface area contributed by atoms with Crippen molar-refractivity contribution in [2.75, 3.05) is 13.2 Å². The van der Waals surface area contributed by atoms with Gasteiger partial charge >= 0.3 is 11.9 Å². The number of carbonyl (C=O) groups is 2. The molecule has 0 rings (SSSR count). The Morgan fingerprint density at radius 3 is 1.36 bits per heavy atom. The largest absolute Gasteiger partial charge is 0.466 e. The summed E-state index contributed by atoms with van der Waals surface area (Å²) >= 11 is 0. The number of esters is 2. The Labute approximate surface area is 155 Å². The molecule has 0 fully saturated rings. The van der Waals surface area contributed by atoms with Crippen LogP contribution in [0.15, 0.2) is 0 Å². The average molecular weight is 357 g/mol. The zero-order chi connectivity index (χ0) is 18.9. The average Bonchev–Trinajstić information content (AvgIpc) is 2.53. The molecule has 0 N–H and O–H groups in total. The SMILES string of the molecule is CC(C)CCCCCOC(=O)CCCC(=O)OCCCCCC(C)C. The summed E-state index contributed by atoms with van der Waals surface area (Å²) in [6.07, 6.45) is 10.0. The minimum Gasteiger partial charge on any atom is -0.466 e. The van der Waals surface area contributed by atoms with Crippen molar-refractivity contribution < 1.29 is 19.1 Å². The maximum atomic E-state index is 11.6. The first-order valence-electron chi connectivity index (χ1n) is 10.2. The monoisotopic (exact) mass is 356 g/mol. The van der Waals surface area contributed by atoms with E-state index in [1.807, 2.05) is 0 Å². The fraction of sp³-hybridized carbons (Fsp3) is 0.905. The molecule has 25 heavy (non-hydrogen) atoms. The lowest BCUT2D eigenvalue weighted by Gasteiger charge is -2.07. The van der Waals surface area contributed by atoms with Gasteiger partial charge in [0, 0.05) is 12.8 Å². The van der Waals surface area contributed by atoms with Gasteiger partial charge in [0.1, 0.15) is 0 Å². The van der Waals surface area contributed by atoms with Crippen molar-refractivity contribution in [1.29, 1.82) is 0 Å². The van der Waals surface area contributed by atoms with Gasteiger partial charge in [-0.1, -0.05) is 66.2 Å². The van der Waals surface area contributed by atoms with E-state index in [4.69, 9.17) is 9.47 Å². The fourth-order valence-corrected chi connectivity index (χ4v) is 2.56. The number of unbranched alkanes of at least 4 members (excludes halogenated alkanes) is 4. The van der Waals surface area contributed by atoms with Crippen molar-refractivity contribution in [3.05, 3.63) is 0 Å². The lowest BCUT2D eigenvalue weighted by atomic mass is 10.1. The van der Waals surface area contributed by atoms with Gasteiger partial charge in [-0.15, -0.1) is 0 Å². The van der Waals surface area contributed by atoms with E-state index in [1.165, 1.54) is 25.7 Å². The molecule has 0 aromatic heterocycles. The third kappa shape index (κ3) is 19.1. The lowest BCUT2D eigenvalue weighted by Crippen LogP contribution is -2.09. The summed E-state index contributed by atoms with van der Waals surface area (Å²) in [5, 5.41) is 0. The zero-order valence-corrected chi connectivity index (χ0v) is 17.0. The molecule has 0 saturated carbocycles. The summed E-state index contributed by atoms with van der Waals surface area (Å²) in [6, 6.07) is 0. The lowest BCUT2D eigenvalue weighted by molar-refractivity contribution is -0.145. The highest BCUT2D eigenvalue weighted by Gasteiger charge is 2.07. The Morgan fingerprint density at radius 2 is 1.00 bits per heavy atom. The molecule has 0 aliphatic carbocycles. The van der Waals surface area contributed by atoms with E-state index in [-0.39, 0.29) is 11.9 Å². The van der Waals surface area contributed by atoms with Crippen LogP contribution in [0.1, 0.15) is 98.3 Å². The third-order valence-corrected chi connectivity index (χ3v) is 4.14. The minimum atomic E-state index is -0.203. The van der Waals surface area contributed by atoms with Gasteiger partial charge < -0.3 is 9.47 Å². The van der Waals surface area contributed by atoms with Gasteiger partial charge in [0.05, 0.1) is 13.2 Å². The van der Waals surface area contributed by atoms with E-state index in [0.717, 1.165) is 37.5 Å². The molecule has 0 aromatic rings. The van der Waals surface area contributed by atoms with Crippen LogP contribution in [0.3, 0.4) is 0 Å². The summed E-state index contributed by atoms with van der Waals surface area (Å²) in [7, 11) is 0. The first-order chi connectivity index (χ1) is 11.9. The van der Waals surface area contributed by atoms with Crippen molar-refractivity contribution >= 4 is 11.9 Å². The second kappa shape index (κ2) is 16.4. The zero-order valence-electron chi connectivity index (χ0n) is 17.0. The topological polar surface area (TPSA) is 52.6 Å². The Kier molecular flexibility index (Phi) is 15.7. The van der Waals surface area contributed by atoms with Crippen molar-refractivity contribution in [3.8, 4) is 0 Å². The molecule has 0 aliphatic rings. The molecule has 0 heterocycles. The molecule has 0 bridgehead atoms. The summed E-state index contributed by atoms with van der Waals surface area (Å²) in [4.78, 5) is 23.2. The molecule has 4 heteroatoms. The second-order valence-corrected chi connectivity index (χ2v) is 7.78. The van der Waals surface area contributed by atoms with E-state index in [9.17, 15) is 9.59 Å². The molecule has 0 atom stereocenters. The van der Waals surface area contributed by atoms with Gasteiger partial charge in [-0.2, -0.15) is 0 Å². The summed E-state index contributed by atoms with van der Waals surface area (Å²) in [5.74, 6) is 1.07. The predicted octanol–water partition coefficient (Wildman–Crippen LogP) is 5.68. The minimum absolute atomic E-state index is 0.203. The van der Waals surface area contributed by atoms with E-state index >= 15 is 0 Å². The predicted molar refractivity (Wildman–Crippen MR) is 102 cm³/mol. The Bertz CT molecular complexity index is 305. The van der Waals surface area contributed by atoms with Crippen LogP contribution in [-0.4, -0.2) is 25.2 Å². The van der Waals surface area contributed by atoms with Crippen molar-refractivity contribution in [3.63, 3.8) is 0 Å². The van der Waals surface area contributed by atoms with E-state index in [0.29, 0.717) is 32.5 Å². The smallest absolute Gasteiger partial charge is 0.305 e. The van der Waals surface area contributed by atoms with E-state index in [1.54, 1.807) is 0 Å². The van der Waals surface area contributed by atoms with Crippen LogP contribution in [0.5, 0.6) is 0 Å². The summed E-state index contributed by atoms with van der Waals surface area (Å²) in [5.41, 5.74) is 0. The van der Waals surface area contributed by atoms with Crippen LogP contribution < -0.4 is 0 Å². The molecule has 0 radical (unpaired) electrons. The molecular formula is C21H40O4. The van der Waals surface area contributed by atoms with Gasteiger partial charge in [0.2, 0.25) is 0 Å². The molecular weight excluding hydrogens is 316 g/mol. The van der Waals surface area contributed by atoms with Crippen molar-refractivity contribution in [1.82, 2.24) is 0 Å². The normalized spacial score (nSPS) is 11.1. The fourth-order valence-electron chi connectivity index (χ4n) is 2.56. The number of ether oxygens (including phenoxy) is 2. The van der Waals surface area contributed by atoms with Gasteiger partial charge in [-0.05, 0) is 31.1 Å². The van der Waals surface area contributed by atoms with Gasteiger partial charge in [0.15, 0.2) is 0 Å². The van der Waals surface area contributed by atoms with Crippen molar-refractivity contribution in [2.24, 2.45) is 11.8 Å². The maximum absolute atomic E-state index is 11.6. The van der Waals surface area contributed by atoms with Crippen LogP contribution in [0, 0.1) is 11.8 Å². The van der Waals surface area contributed by atoms with Crippen LogP contribution in [0.25, 0.3) is 0 Å². The number of hydrogen-bond acceptors (Lipinski definition) is 4. The van der Waals surface area contributed by atoms with Gasteiger partial charge in [0.25, 0.3) is 0 Å². The Balaban J connectivity index is 3.38. The van der Waals surface area contributed by atoms with Crippen LogP contribution >= 0.6 is 0 Å². The number of hydrogen-bond donors (Lipinski definition) is 0. The van der Waals surface area contributed by atoms with Gasteiger partial charge in [-0.3, -0.25) is 9.59 Å². The highest BCUT2D eigenvalue weighted by molar-refractivity contribution is 5.72. The molecule has 0 amide bonds. The highest BCUT2D eigenvalue weighted by atomic mass is 16.5. The maximum Gasteiger partial charge on any atom is 0.305 e. The highest BCUT2D eigenvalue weighted by Crippen LogP contribution is 2.09. The van der Waals surface area contributed by atoms with Crippen LogP contribution in [-0.2, 0) is 19.1 Å². The van der Waals surface area contributed by atoms with Gasteiger partial charge in [-0.25, -0.2) is 0 Å². The molecule has 4 nitrogen and oxygen atoms in total. The van der Waals surface area contributed by atoms with E-state index < -0.39 is 0 Å². The number of carbonyl (C=O) groups excluding carboxylic acids is 2. The first kappa shape index (κ1) is 23.9. The van der Waals surface area contributed by atoms with Crippen molar-refractivity contribution in [2.45, 2.75) is 98.3 Å². The molecule has 0 aliphatic heterocycles. The summed E-state index contributed by atoms with van der Waals surface area (Å²) in [6.45, 7) is 9.88. The Hall–Kier alpha value is -1.06. The van der Waals surface area contributed by atoms with Crippen LogP contribution in [0.4, 0.5) is 0 Å². The molecule has 0 spiro atoms. The molecule has 148 valence electrons. The second-order valence-electron chi connectivity index (χ2n) is 7.78. The molecule has 0 aromatic carbocycles. The quantitative estimate of drug-likeness (QED) is 0.264. The van der Waals surface area contributed by atoms with Crippen LogP contribution in [0.2, 0.25) is 0 Å². The Morgan fingerprint density at radius 1 is 0.600 bits per heavy atom. The third-order valence-electron chi connectivity index (χ3n) is 4.14. The number of rotatable bonds is 16. The summed E-state index contributed by atoms with van der Waals surface area (Å²) < 4.78 is 10.4. The first-order valence-corrected chi connectivity index (χ1v) is 10.2. The molecule has 0 unspecified atom stereocenters. The standard InChI is InChI=1S/C21H40O4/c1-18(2)12-7-5-9-16-24-20(22)14-11-15-21(23)25-17-10-6-8-13-19(3)4/h18-19H,5-17H2,1-4H3.